The topological polar surface area (TPSA) is 34.1 Å². The van der Waals surface area contributed by atoms with Crippen molar-refractivity contribution in [1.29, 1.82) is 0 Å². The lowest BCUT2D eigenvalue weighted by Gasteiger charge is -2.25. The molecular formula is C12H20O2S. The number of thioether (sulfide) groups is 1. The molecule has 1 saturated heterocycles. The molecule has 15 heavy (non-hydrogen) atoms. The van der Waals surface area contributed by atoms with Gasteiger partial charge in [-0.3, -0.25) is 9.59 Å². The van der Waals surface area contributed by atoms with E-state index in [9.17, 15) is 9.59 Å². The molecule has 0 bridgehead atoms. The lowest BCUT2D eigenvalue weighted by Crippen LogP contribution is -2.33. The first-order valence-corrected chi connectivity index (χ1v) is 6.79. The van der Waals surface area contributed by atoms with Crippen LogP contribution >= 0.6 is 11.8 Å². The van der Waals surface area contributed by atoms with E-state index in [2.05, 4.69) is 0 Å². The zero-order chi connectivity index (χ0) is 11.5. The number of hydrogen-bond donors (Lipinski definition) is 0. The summed E-state index contributed by atoms with van der Waals surface area (Å²) >= 11 is 1.80. The molecule has 1 aliphatic heterocycles. The minimum atomic E-state index is -0.328. The minimum Gasteiger partial charge on any atom is -0.299 e. The number of carbonyl (C=O) groups excluding carboxylic acids is 2. The van der Waals surface area contributed by atoms with Gasteiger partial charge < -0.3 is 0 Å². The third kappa shape index (κ3) is 2.83. The zero-order valence-corrected chi connectivity index (χ0v) is 10.7. The molecule has 0 spiro atoms. The van der Waals surface area contributed by atoms with Crippen molar-refractivity contribution >= 4 is 23.3 Å². The van der Waals surface area contributed by atoms with Gasteiger partial charge in [0.1, 0.15) is 11.6 Å². The highest BCUT2D eigenvalue weighted by Gasteiger charge is 2.41. The lowest BCUT2D eigenvalue weighted by atomic mass is 9.77. The van der Waals surface area contributed by atoms with Gasteiger partial charge in [0.05, 0.1) is 0 Å². The summed E-state index contributed by atoms with van der Waals surface area (Å²) in [4.78, 5) is 23.5. The summed E-state index contributed by atoms with van der Waals surface area (Å²) in [5, 5.41) is 0. The lowest BCUT2D eigenvalue weighted by molar-refractivity contribution is -0.132. The molecule has 1 fully saturated rings. The van der Waals surface area contributed by atoms with Crippen LogP contribution in [0.4, 0.5) is 0 Å². The fourth-order valence-corrected chi connectivity index (χ4v) is 3.40. The van der Waals surface area contributed by atoms with Crippen LogP contribution in [0.25, 0.3) is 0 Å². The molecule has 1 aliphatic rings. The van der Waals surface area contributed by atoms with E-state index in [1.165, 1.54) is 0 Å². The van der Waals surface area contributed by atoms with E-state index in [-0.39, 0.29) is 22.9 Å². The molecule has 0 radical (unpaired) electrons. The smallest absolute Gasteiger partial charge is 0.137 e. The molecule has 0 aromatic carbocycles. The molecule has 1 rings (SSSR count). The van der Waals surface area contributed by atoms with E-state index in [1.54, 1.807) is 18.7 Å². The molecule has 0 N–H and O–H groups in total. The van der Waals surface area contributed by atoms with Crippen molar-refractivity contribution in [2.75, 3.05) is 11.5 Å². The van der Waals surface area contributed by atoms with E-state index in [1.807, 2.05) is 13.8 Å². The first-order valence-electron chi connectivity index (χ1n) is 5.63. The zero-order valence-electron chi connectivity index (χ0n) is 9.84. The van der Waals surface area contributed by atoms with Gasteiger partial charge in [0.2, 0.25) is 0 Å². The summed E-state index contributed by atoms with van der Waals surface area (Å²) in [6, 6.07) is 0. The van der Waals surface area contributed by atoms with Crippen molar-refractivity contribution in [2.24, 2.45) is 11.3 Å². The Bertz CT molecular complexity index is 254. The SMILES string of the molecule is CCC(C)C(=O)CC1(C(C)=O)CCSC1. The number of hydrogen-bond acceptors (Lipinski definition) is 3. The molecule has 2 unspecified atom stereocenters. The monoisotopic (exact) mass is 228 g/mol. The van der Waals surface area contributed by atoms with Gasteiger partial charge in [-0.2, -0.15) is 11.8 Å². The van der Waals surface area contributed by atoms with Crippen LogP contribution in [0.1, 0.15) is 40.0 Å². The van der Waals surface area contributed by atoms with Gasteiger partial charge in [0.15, 0.2) is 0 Å². The quantitative estimate of drug-likeness (QED) is 0.725. The Hall–Kier alpha value is -0.310. The molecule has 0 aromatic rings. The maximum atomic E-state index is 11.9. The van der Waals surface area contributed by atoms with Gasteiger partial charge in [-0.15, -0.1) is 0 Å². The van der Waals surface area contributed by atoms with Gasteiger partial charge >= 0.3 is 0 Å². The molecule has 1 heterocycles. The molecule has 3 heteroatoms. The Balaban J connectivity index is 2.67. The first kappa shape index (κ1) is 12.8. The molecule has 2 atom stereocenters. The van der Waals surface area contributed by atoms with Crippen LogP contribution in [0, 0.1) is 11.3 Å². The van der Waals surface area contributed by atoms with Crippen molar-refractivity contribution in [3.63, 3.8) is 0 Å². The Morgan fingerprint density at radius 3 is 2.53 bits per heavy atom. The fraction of sp³-hybridized carbons (Fsp3) is 0.833. The maximum absolute atomic E-state index is 11.9. The number of ketones is 2. The predicted molar refractivity (Wildman–Crippen MR) is 64.1 cm³/mol. The minimum absolute atomic E-state index is 0.104. The van der Waals surface area contributed by atoms with E-state index >= 15 is 0 Å². The van der Waals surface area contributed by atoms with Crippen LogP contribution in [-0.2, 0) is 9.59 Å². The maximum Gasteiger partial charge on any atom is 0.137 e. The summed E-state index contributed by atoms with van der Waals surface area (Å²) in [6.07, 6.45) is 2.22. The molecule has 0 aromatic heterocycles. The van der Waals surface area contributed by atoms with E-state index in [0.717, 1.165) is 24.3 Å². The van der Waals surface area contributed by atoms with Crippen LogP contribution < -0.4 is 0 Å². The Kier molecular flexibility index (Phi) is 4.38. The van der Waals surface area contributed by atoms with Crippen molar-refractivity contribution in [3.05, 3.63) is 0 Å². The Morgan fingerprint density at radius 2 is 2.13 bits per heavy atom. The Labute approximate surface area is 96.2 Å². The van der Waals surface area contributed by atoms with Gasteiger partial charge in [0.25, 0.3) is 0 Å². The molecule has 86 valence electrons. The van der Waals surface area contributed by atoms with Crippen molar-refractivity contribution < 1.29 is 9.59 Å². The van der Waals surface area contributed by atoms with Gasteiger partial charge in [-0.1, -0.05) is 13.8 Å². The highest BCUT2D eigenvalue weighted by molar-refractivity contribution is 7.99. The predicted octanol–water partition coefficient (Wildman–Crippen LogP) is 2.70. The number of carbonyl (C=O) groups is 2. The summed E-state index contributed by atoms with van der Waals surface area (Å²) < 4.78 is 0. The average Bonchev–Trinajstić information content (AvgIpc) is 2.66. The van der Waals surface area contributed by atoms with E-state index in [4.69, 9.17) is 0 Å². The highest BCUT2D eigenvalue weighted by Crippen LogP contribution is 2.40. The largest absolute Gasteiger partial charge is 0.299 e. The van der Waals surface area contributed by atoms with Crippen LogP contribution in [0.3, 0.4) is 0 Å². The second-order valence-corrected chi connectivity index (χ2v) is 5.70. The van der Waals surface area contributed by atoms with Crippen molar-refractivity contribution in [3.8, 4) is 0 Å². The second-order valence-electron chi connectivity index (χ2n) is 4.59. The third-order valence-corrected chi connectivity index (χ3v) is 4.77. The second kappa shape index (κ2) is 5.15. The Morgan fingerprint density at radius 1 is 1.47 bits per heavy atom. The molecule has 0 saturated carbocycles. The summed E-state index contributed by atoms with van der Waals surface area (Å²) in [7, 11) is 0. The molecular weight excluding hydrogens is 208 g/mol. The first-order chi connectivity index (χ1) is 7.02. The van der Waals surface area contributed by atoms with Gasteiger partial charge in [0, 0.05) is 23.5 Å². The van der Waals surface area contributed by atoms with Gasteiger partial charge in [-0.25, -0.2) is 0 Å². The average molecular weight is 228 g/mol. The van der Waals surface area contributed by atoms with Crippen LogP contribution in [0.15, 0.2) is 0 Å². The number of rotatable bonds is 5. The summed E-state index contributed by atoms with van der Waals surface area (Å²) in [6.45, 7) is 5.61. The highest BCUT2D eigenvalue weighted by atomic mass is 32.2. The van der Waals surface area contributed by atoms with Crippen molar-refractivity contribution in [2.45, 2.75) is 40.0 Å². The molecule has 0 amide bonds. The third-order valence-electron chi connectivity index (χ3n) is 3.52. The summed E-state index contributed by atoms with van der Waals surface area (Å²) in [5.74, 6) is 2.42. The van der Waals surface area contributed by atoms with Crippen LogP contribution in [0.5, 0.6) is 0 Å². The van der Waals surface area contributed by atoms with E-state index < -0.39 is 0 Å². The van der Waals surface area contributed by atoms with Gasteiger partial charge in [-0.05, 0) is 25.5 Å². The molecule has 2 nitrogen and oxygen atoms in total. The normalized spacial score (nSPS) is 27.7. The standard InChI is InChI=1S/C12H20O2S/c1-4-9(2)11(14)7-12(10(3)13)5-6-15-8-12/h9H,4-8H2,1-3H3. The van der Waals surface area contributed by atoms with Crippen molar-refractivity contribution in [1.82, 2.24) is 0 Å². The molecule has 0 aliphatic carbocycles. The number of Topliss-reactive ketones (excluding diaryl/α,β-unsaturated/α-hetero) is 2. The summed E-state index contributed by atoms with van der Waals surface area (Å²) in [5.41, 5.74) is -0.328. The van der Waals surface area contributed by atoms with Crippen LogP contribution in [-0.4, -0.2) is 23.1 Å². The fourth-order valence-electron chi connectivity index (χ4n) is 1.88. The van der Waals surface area contributed by atoms with Crippen LogP contribution in [0.2, 0.25) is 0 Å². The van der Waals surface area contributed by atoms with E-state index in [0.29, 0.717) is 6.42 Å².